The van der Waals surface area contributed by atoms with Crippen molar-refractivity contribution >= 4 is 22.7 Å². The summed E-state index contributed by atoms with van der Waals surface area (Å²) < 4.78 is 34.6. The normalized spacial score (nSPS) is 11.9. The molecule has 6 heteroatoms. The Hall–Kier alpha value is -2.05. The molecular weight excluding hydrogens is 269 g/mol. The van der Waals surface area contributed by atoms with Crippen LogP contribution in [0.3, 0.4) is 0 Å². The molecular formula is C13H9FNO3S-. The highest BCUT2D eigenvalue weighted by Crippen LogP contribution is 2.13. The second kappa shape index (κ2) is 5.73. The van der Waals surface area contributed by atoms with E-state index in [9.17, 15) is 17.9 Å². The fourth-order valence-electron chi connectivity index (χ4n) is 1.51. The van der Waals surface area contributed by atoms with Crippen LogP contribution in [-0.4, -0.2) is 14.7 Å². The summed E-state index contributed by atoms with van der Waals surface area (Å²) in [4.78, 5) is 11.9. The van der Waals surface area contributed by atoms with Crippen LogP contribution in [0.5, 0.6) is 0 Å². The fourth-order valence-corrected chi connectivity index (χ4v) is 1.92. The number of amides is 1. The number of benzene rings is 2. The highest BCUT2D eigenvalue weighted by molar-refractivity contribution is 7.79. The Balaban J connectivity index is 2.20. The Morgan fingerprint density at radius 1 is 1.16 bits per heavy atom. The maximum absolute atomic E-state index is 13.0. The summed E-state index contributed by atoms with van der Waals surface area (Å²) in [7, 11) is 0. The van der Waals surface area contributed by atoms with Crippen LogP contribution in [0.25, 0.3) is 0 Å². The van der Waals surface area contributed by atoms with E-state index in [1.807, 2.05) is 0 Å². The number of nitrogens with one attached hydrogen (secondary N) is 1. The van der Waals surface area contributed by atoms with Gasteiger partial charge in [-0.25, -0.2) is 4.39 Å². The summed E-state index contributed by atoms with van der Waals surface area (Å²) in [6, 6.07) is 11.0. The summed E-state index contributed by atoms with van der Waals surface area (Å²) in [5, 5.41) is 2.49. The molecule has 4 nitrogen and oxygen atoms in total. The van der Waals surface area contributed by atoms with Crippen molar-refractivity contribution < 1.29 is 17.9 Å². The Kier molecular flexibility index (Phi) is 4.03. The number of carbonyl (C=O) groups is 1. The zero-order valence-corrected chi connectivity index (χ0v) is 10.4. The Morgan fingerprint density at radius 2 is 1.89 bits per heavy atom. The average molecular weight is 278 g/mol. The van der Waals surface area contributed by atoms with Crippen LogP contribution in [0.2, 0.25) is 0 Å². The molecule has 2 rings (SSSR count). The minimum atomic E-state index is -2.40. The van der Waals surface area contributed by atoms with Crippen molar-refractivity contribution in [2.45, 2.75) is 4.90 Å². The van der Waals surface area contributed by atoms with Crippen molar-refractivity contribution in [1.29, 1.82) is 0 Å². The van der Waals surface area contributed by atoms with Crippen LogP contribution in [0.1, 0.15) is 10.4 Å². The lowest BCUT2D eigenvalue weighted by Gasteiger charge is -2.08. The minimum absolute atomic E-state index is 0.0203. The number of anilines is 1. The van der Waals surface area contributed by atoms with E-state index in [0.717, 1.165) is 0 Å². The number of rotatable bonds is 3. The van der Waals surface area contributed by atoms with Gasteiger partial charge in [-0.2, -0.15) is 0 Å². The Labute approximate surface area is 111 Å². The van der Waals surface area contributed by atoms with Crippen molar-refractivity contribution in [2.75, 3.05) is 5.32 Å². The molecule has 1 unspecified atom stereocenters. The van der Waals surface area contributed by atoms with Gasteiger partial charge in [0.2, 0.25) is 0 Å². The smallest absolute Gasteiger partial charge is 0.255 e. The molecule has 1 N–H and O–H groups in total. The van der Waals surface area contributed by atoms with Gasteiger partial charge in [0.25, 0.3) is 5.91 Å². The molecule has 0 radical (unpaired) electrons. The number of hydrogen-bond donors (Lipinski definition) is 1. The predicted molar refractivity (Wildman–Crippen MR) is 68.0 cm³/mol. The molecule has 0 heterocycles. The molecule has 0 fully saturated rings. The van der Waals surface area contributed by atoms with Gasteiger partial charge in [0.05, 0.1) is 0 Å². The second-order valence-electron chi connectivity index (χ2n) is 3.73. The van der Waals surface area contributed by atoms with Crippen LogP contribution in [0.4, 0.5) is 10.1 Å². The SMILES string of the molecule is O=C(Nc1cccc(F)c1)c1cccc(S(=O)[O-])c1. The zero-order valence-electron chi connectivity index (χ0n) is 9.63. The summed E-state index contributed by atoms with van der Waals surface area (Å²) in [5.74, 6) is -0.967. The van der Waals surface area contributed by atoms with Gasteiger partial charge in [-0.3, -0.25) is 9.00 Å². The van der Waals surface area contributed by atoms with E-state index in [2.05, 4.69) is 5.32 Å². The summed E-state index contributed by atoms with van der Waals surface area (Å²) in [6.45, 7) is 0. The lowest BCUT2D eigenvalue weighted by atomic mass is 10.2. The Morgan fingerprint density at radius 3 is 2.58 bits per heavy atom. The van der Waals surface area contributed by atoms with Crippen LogP contribution >= 0.6 is 0 Å². The first-order chi connectivity index (χ1) is 9.06. The largest absolute Gasteiger partial charge is 0.768 e. The van der Waals surface area contributed by atoms with Gasteiger partial charge in [0.15, 0.2) is 0 Å². The maximum atomic E-state index is 13.0. The van der Waals surface area contributed by atoms with E-state index >= 15 is 0 Å². The van der Waals surface area contributed by atoms with E-state index in [-0.39, 0.29) is 10.5 Å². The van der Waals surface area contributed by atoms with E-state index in [1.165, 1.54) is 48.5 Å². The molecule has 2 aromatic carbocycles. The lowest BCUT2D eigenvalue weighted by Crippen LogP contribution is -2.12. The molecule has 0 aromatic heterocycles. The van der Waals surface area contributed by atoms with Gasteiger partial charge >= 0.3 is 0 Å². The minimum Gasteiger partial charge on any atom is -0.768 e. The predicted octanol–water partition coefficient (Wildman–Crippen LogP) is 2.32. The molecule has 98 valence electrons. The number of hydrogen-bond acceptors (Lipinski definition) is 3. The molecule has 0 spiro atoms. The molecule has 1 amide bonds. The van der Waals surface area contributed by atoms with Crippen LogP contribution in [0.15, 0.2) is 53.4 Å². The van der Waals surface area contributed by atoms with Gasteiger partial charge in [0.1, 0.15) is 5.82 Å². The highest BCUT2D eigenvalue weighted by atomic mass is 32.2. The van der Waals surface area contributed by atoms with Gasteiger partial charge in [-0.05, 0) is 47.5 Å². The summed E-state index contributed by atoms with van der Waals surface area (Å²) in [5.41, 5.74) is 0.490. The first-order valence-corrected chi connectivity index (χ1v) is 6.40. The lowest BCUT2D eigenvalue weighted by molar-refractivity contribution is 0.102. The molecule has 0 aliphatic heterocycles. The highest BCUT2D eigenvalue weighted by Gasteiger charge is 2.07. The number of carbonyl (C=O) groups excluding carboxylic acids is 1. The topological polar surface area (TPSA) is 69.2 Å². The molecule has 0 aliphatic carbocycles. The first-order valence-electron chi connectivity index (χ1n) is 5.32. The van der Waals surface area contributed by atoms with Gasteiger partial charge in [-0.1, -0.05) is 12.1 Å². The van der Waals surface area contributed by atoms with Crippen molar-refractivity contribution in [1.82, 2.24) is 0 Å². The summed E-state index contributed by atoms with van der Waals surface area (Å²) in [6.07, 6.45) is 0. The number of halogens is 1. The average Bonchev–Trinajstić information content (AvgIpc) is 2.39. The molecule has 19 heavy (non-hydrogen) atoms. The second-order valence-corrected chi connectivity index (χ2v) is 4.67. The van der Waals surface area contributed by atoms with Crippen molar-refractivity contribution in [3.05, 3.63) is 59.9 Å². The van der Waals surface area contributed by atoms with Crippen LogP contribution < -0.4 is 5.32 Å². The maximum Gasteiger partial charge on any atom is 0.255 e. The quantitative estimate of drug-likeness (QED) is 0.876. The molecule has 0 aliphatic rings. The third kappa shape index (κ3) is 3.46. The Bertz CT molecular complexity index is 645. The van der Waals surface area contributed by atoms with E-state index in [0.29, 0.717) is 5.69 Å². The van der Waals surface area contributed by atoms with Gasteiger partial charge in [-0.15, -0.1) is 0 Å². The summed E-state index contributed by atoms with van der Waals surface area (Å²) >= 11 is -2.40. The monoisotopic (exact) mass is 278 g/mol. The van der Waals surface area contributed by atoms with Crippen molar-refractivity contribution in [3.63, 3.8) is 0 Å². The van der Waals surface area contributed by atoms with Crippen LogP contribution in [-0.2, 0) is 11.1 Å². The van der Waals surface area contributed by atoms with E-state index < -0.39 is 22.8 Å². The van der Waals surface area contributed by atoms with Gasteiger partial charge in [0, 0.05) is 16.1 Å². The molecule has 0 saturated heterocycles. The first kappa shape index (κ1) is 13.4. The zero-order chi connectivity index (χ0) is 13.8. The fraction of sp³-hybridized carbons (Fsp3) is 0. The van der Waals surface area contributed by atoms with Crippen molar-refractivity contribution in [2.24, 2.45) is 0 Å². The van der Waals surface area contributed by atoms with Crippen LogP contribution in [0, 0.1) is 5.82 Å². The van der Waals surface area contributed by atoms with E-state index in [4.69, 9.17) is 0 Å². The molecule has 0 bridgehead atoms. The molecule has 1 atom stereocenters. The molecule has 2 aromatic rings. The molecule has 0 saturated carbocycles. The third-order valence-corrected chi connectivity index (χ3v) is 3.01. The van der Waals surface area contributed by atoms with Gasteiger partial charge < -0.3 is 9.87 Å². The standard InChI is InChI=1S/C13H10FNO3S/c14-10-4-2-5-11(8-10)15-13(16)9-3-1-6-12(7-9)19(17)18/h1-8H,(H,15,16)(H,17,18)/p-1. The van der Waals surface area contributed by atoms with Crippen molar-refractivity contribution in [3.8, 4) is 0 Å². The van der Waals surface area contributed by atoms with E-state index in [1.54, 1.807) is 0 Å². The third-order valence-electron chi connectivity index (χ3n) is 2.37.